The summed E-state index contributed by atoms with van der Waals surface area (Å²) in [5.74, 6) is 0.968. The first-order chi connectivity index (χ1) is 12.1. The topological polar surface area (TPSA) is 80.6 Å². The Hall–Kier alpha value is -2.91. The molecule has 0 amide bonds. The molecule has 25 heavy (non-hydrogen) atoms. The first-order valence-electron chi connectivity index (χ1n) is 8.40. The molecule has 0 unspecified atom stereocenters. The lowest BCUT2D eigenvalue weighted by Crippen LogP contribution is -2.57. The number of hydrogen-bond donors (Lipinski definition) is 2. The van der Waals surface area contributed by atoms with Gasteiger partial charge < -0.3 is 15.2 Å². The van der Waals surface area contributed by atoms with Crippen molar-refractivity contribution in [1.29, 1.82) is 5.26 Å². The molecule has 3 aromatic rings. The normalized spacial score (nSPS) is 16.8. The third-order valence-electron chi connectivity index (χ3n) is 4.60. The summed E-state index contributed by atoms with van der Waals surface area (Å²) in [6, 6.07) is 11.8. The Labute approximate surface area is 146 Å². The van der Waals surface area contributed by atoms with Crippen LogP contribution in [-0.2, 0) is 0 Å². The van der Waals surface area contributed by atoms with Gasteiger partial charge in [-0.05, 0) is 37.6 Å². The van der Waals surface area contributed by atoms with Gasteiger partial charge in [-0.15, -0.1) is 0 Å². The maximum absolute atomic E-state index is 8.95. The lowest BCUT2D eigenvalue weighted by atomic mass is 10.0. The number of aromatic amines is 1. The third-order valence-corrected chi connectivity index (χ3v) is 4.60. The van der Waals surface area contributed by atoms with Gasteiger partial charge in [-0.3, -0.25) is 0 Å². The fourth-order valence-corrected chi connectivity index (χ4v) is 3.38. The van der Waals surface area contributed by atoms with E-state index in [0.29, 0.717) is 5.56 Å². The molecule has 126 valence electrons. The maximum atomic E-state index is 8.95. The Kier molecular flexibility index (Phi) is 3.66. The number of aromatic nitrogens is 3. The van der Waals surface area contributed by atoms with Gasteiger partial charge in [0.1, 0.15) is 17.8 Å². The molecular formula is C19H20N6. The molecule has 1 aromatic carbocycles. The number of hydrogen-bond acceptors (Lipinski definition) is 5. The Morgan fingerprint density at radius 2 is 2.00 bits per heavy atom. The second-order valence-corrected chi connectivity index (χ2v) is 7.06. The van der Waals surface area contributed by atoms with Gasteiger partial charge in [0.2, 0.25) is 0 Å². The number of anilines is 1. The standard InChI is InChI=1S/C19H20N6/c1-19(2)11-25(8-7-23-19)18-15-9-16(24-17(15)21-12-22-18)14-5-3-13(10-20)4-6-14/h3-6,9,12,23H,7-8,11H2,1-2H3,(H,21,22,24). The summed E-state index contributed by atoms with van der Waals surface area (Å²) < 4.78 is 0. The van der Waals surface area contributed by atoms with E-state index >= 15 is 0 Å². The van der Waals surface area contributed by atoms with Crippen molar-refractivity contribution in [3.63, 3.8) is 0 Å². The van der Waals surface area contributed by atoms with Gasteiger partial charge in [0, 0.05) is 30.9 Å². The molecule has 0 aliphatic carbocycles. The van der Waals surface area contributed by atoms with E-state index < -0.39 is 0 Å². The van der Waals surface area contributed by atoms with Crippen molar-refractivity contribution >= 4 is 16.9 Å². The molecule has 2 N–H and O–H groups in total. The van der Waals surface area contributed by atoms with Crippen molar-refractivity contribution in [1.82, 2.24) is 20.3 Å². The highest BCUT2D eigenvalue weighted by Crippen LogP contribution is 2.30. The van der Waals surface area contributed by atoms with Gasteiger partial charge in [0.25, 0.3) is 0 Å². The van der Waals surface area contributed by atoms with Crippen molar-refractivity contribution in [3.05, 3.63) is 42.2 Å². The first-order valence-corrected chi connectivity index (χ1v) is 8.40. The zero-order chi connectivity index (χ0) is 17.4. The molecule has 0 radical (unpaired) electrons. The summed E-state index contributed by atoms with van der Waals surface area (Å²) >= 11 is 0. The van der Waals surface area contributed by atoms with Crippen LogP contribution in [0, 0.1) is 11.3 Å². The molecule has 6 heteroatoms. The zero-order valence-electron chi connectivity index (χ0n) is 14.4. The first kappa shape index (κ1) is 15.6. The molecule has 1 aliphatic rings. The summed E-state index contributed by atoms with van der Waals surface area (Å²) in [6.07, 6.45) is 1.62. The predicted molar refractivity (Wildman–Crippen MR) is 98.3 cm³/mol. The van der Waals surface area contributed by atoms with Crippen molar-refractivity contribution in [2.45, 2.75) is 19.4 Å². The molecule has 1 aliphatic heterocycles. The summed E-state index contributed by atoms with van der Waals surface area (Å²) in [5, 5.41) is 13.5. The summed E-state index contributed by atoms with van der Waals surface area (Å²) in [5.41, 5.74) is 3.56. The van der Waals surface area contributed by atoms with Gasteiger partial charge >= 0.3 is 0 Å². The Morgan fingerprint density at radius 3 is 2.72 bits per heavy atom. The van der Waals surface area contributed by atoms with Crippen molar-refractivity contribution in [2.24, 2.45) is 0 Å². The highest BCUT2D eigenvalue weighted by atomic mass is 15.3. The van der Waals surface area contributed by atoms with Crippen LogP contribution in [0.2, 0.25) is 0 Å². The van der Waals surface area contributed by atoms with E-state index in [1.165, 1.54) is 0 Å². The Balaban J connectivity index is 1.74. The molecule has 4 rings (SSSR count). The van der Waals surface area contributed by atoms with E-state index in [-0.39, 0.29) is 5.54 Å². The third kappa shape index (κ3) is 2.94. The van der Waals surface area contributed by atoms with E-state index in [0.717, 1.165) is 47.7 Å². The SMILES string of the molecule is CC1(C)CN(c2ncnc3[nH]c(-c4ccc(C#N)cc4)cc23)CCN1. The second-order valence-electron chi connectivity index (χ2n) is 7.06. The number of H-pyrrole nitrogens is 1. The molecule has 6 nitrogen and oxygen atoms in total. The van der Waals surface area contributed by atoms with Crippen LogP contribution < -0.4 is 10.2 Å². The number of nitrogens with zero attached hydrogens (tertiary/aromatic N) is 4. The molecule has 0 saturated carbocycles. The number of piperazine rings is 1. The van der Waals surface area contributed by atoms with Crippen LogP contribution in [0.1, 0.15) is 19.4 Å². The molecule has 1 saturated heterocycles. The number of fused-ring (bicyclic) bond motifs is 1. The van der Waals surface area contributed by atoms with Crippen LogP contribution in [0.5, 0.6) is 0 Å². The minimum Gasteiger partial charge on any atom is -0.353 e. The largest absolute Gasteiger partial charge is 0.353 e. The fraction of sp³-hybridized carbons (Fsp3) is 0.316. The van der Waals surface area contributed by atoms with Crippen molar-refractivity contribution in [2.75, 3.05) is 24.5 Å². The molecule has 3 heterocycles. The lowest BCUT2D eigenvalue weighted by molar-refractivity contribution is 0.352. The van der Waals surface area contributed by atoms with E-state index in [1.807, 2.05) is 24.3 Å². The van der Waals surface area contributed by atoms with Crippen LogP contribution in [0.4, 0.5) is 5.82 Å². The minimum atomic E-state index is 0.0573. The van der Waals surface area contributed by atoms with Crippen LogP contribution in [0.15, 0.2) is 36.7 Å². The quantitative estimate of drug-likeness (QED) is 0.754. The predicted octanol–water partition coefficient (Wildman–Crippen LogP) is 2.68. The molecular weight excluding hydrogens is 312 g/mol. The fourth-order valence-electron chi connectivity index (χ4n) is 3.38. The summed E-state index contributed by atoms with van der Waals surface area (Å²) in [4.78, 5) is 14.6. The summed E-state index contributed by atoms with van der Waals surface area (Å²) in [6.45, 7) is 7.17. The molecule has 2 aromatic heterocycles. The average molecular weight is 332 g/mol. The van der Waals surface area contributed by atoms with E-state index in [2.05, 4.69) is 51.2 Å². The van der Waals surface area contributed by atoms with Crippen molar-refractivity contribution < 1.29 is 0 Å². The molecule has 1 fully saturated rings. The number of nitriles is 1. The zero-order valence-corrected chi connectivity index (χ0v) is 14.4. The second kappa shape index (κ2) is 5.87. The highest BCUT2D eigenvalue weighted by Gasteiger charge is 2.27. The maximum Gasteiger partial charge on any atom is 0.143 e. The number of nitrogens with one attached hydrogen (secondary N) is 2. The van der Waals surface area contributed by atoms with E-state index in [4.69, 9.17) is 5.26 Å². The van der Waals surface area contributed by atoms with Crippen molar-refractivity contribution in [3.8, 4) is 17.3 Å². The average Bonchev–Trinajstić information content (AvgIpc) is 3.05. The van der Waals surface area contributed by atoms with Crippen LogP contribution >= 0.6 is 0 Å². The molecule has 0 bridgehead atoms. The van der Waals surface area contributed by atoms with Gasteiger partial charge in [-0.25, -0.2) is 9.97 Å². The van der Waals surface area contributed by atoms with Crippen LogP contribution in [0.25, 0.3) is 22.3 Å². The van der Waals surface area contributed by atoms with Crippen LogP contribution in [-0.4, -0.2) is 40.1 Å². The van der Waals surface area contributed by atoms with Gasteiger partial charge in [0.05, 0.1) is 17.0 Å². The highest BCUT2D eigenvalue weighted by molar-refractivity contribution is 5.92. The molecule has 0 atom stereocenters. The van der Waals surface area contributed by atoms with E-state index in [9.17, 15) is 0 Å². The number of rotatable bonds is 2. The lowest BCUT2D eigenvalue weighted by Gasteiger charge is -2.39. The number of benzene rings is 1. The van der Waals surface area contributed by atoms with Gasteiger partial charge in [-0.2, -0.15) is 5.26 Å². The summed E-state index contributed by atoms with van der Waals surface area (Å²) in [7, 11) is 0. The van der Waals surface area contributed by atoms with Crippen LogP contribution in [0.3, 0.4) is 0 Å². The van der Waals surface area contributed by atoms with Gasteiger partial charge in [0.15, 0.2) is 0 Å². The Morgan fingerprint density at radius 1 is 1.20 bits per heavy atom. The minimum absolute atomic E-state index is 0.0573. The molecule has 0 spiro atoms. The Bertz CT molecular complexity index is 948. The van der Waals surface area contributed by atoms with E-state index in [1.54, 1.807) is 6.33 Å². The monoisotopic (exact) mass is 332 g/mol. The smallest absolute Gasteiger partial charge is 0.143 e. The van der Waals surface area contributed by atoms with Gasteiger partial charge in [-0.1, -0.05) is 12.1 Å².